The molecule has 0 spiro atoms. The number of nitrogens with zero attached hydrogens (tertiary/aromatic N) is 5. The number of hydrogen-bond donors (Lipinski definition) is 3. The molecule has 1 aliphatic carbocycles. The van der Waals surface area contributed by atoms with Crippen LogP contribution in [0.5, 0.6) is 11.5 Å². The van der Waals surface area contributed by atoms with Crippen molar-refractivity contribution in [2.45, 2.75) is 44.7 Å². The average molecular weight is 671 g/mol. The molecule has 12 nitrogen and oxygen atoms in total. The van der Waals surface area contributed by atoms with Crippen LogP contribution in [0.4, 0.5) is 34.5 Å². The molecule has 46 heavy (non-hydrogen) atoms. The highest BCUT2D eigenvalue weighted by Crippen LogP contribution is 2.37. The molecular formula is C32H43ClN8O4S. The lowest BCUT2D eigenvalue weighted by molar-refractivity contribution is 0.0809. The number of ether oxygens (including phenoxy) is 2. The number of rotatable bonds is 11. The molecule has 2 aliphatic heterocycles. The van der Waals surface area contributed by atoms with Crippen LogP contribution in [0, 0.1) is 6.92 Å². The van der Waals surface area contributed by atoms with Crippen molar-refractivity contribution in [3.63, 3.8) is 0 Å². The molecule has 0 unspecified atom stereocenters. The van der Waals surface area contributed by atoms with Crippen molar-refractivity contribution in [2.24, 2.45) is 0 Å². The molecule has 0 radical (unpaired) electrons. The Labute approximate surface area is 276 Å². The van der Waals surface area contributed by atoms with Crippen LogP contribution < -0.4 is 29.7 Å². The Morgan fingerprint density at radius 2 is 1.52 bits per heavy atom. The summed E-state index contributed by atoms with van der Waals surface area (Å²) in [5.41, 5.74) is 3.75. The summed E-state index contributed by atoms with van der Waals surface area (Å²) >= 11 is 6.46. The number of nitrogens with one attached hydrogen (secondary N) is 3. The molecule has 0 amide bonds. The maximum atomic E-state index is 12.0. The smallest absolute Gasteiger partial charge is 0.229 e. The van der Waals surface area contributed by atoms with Crippen LogP contribution in [0.1, 0.15) is 31.2 Å². The first-order chi connectivity index (χ1) is 22.1. The van der Waals surface area contributed by atoms with Crippen LogP contribution in [-0.2, 0) is 10.0 Å². The van der Waals surface area contributed by atoms with Gasteiger partial charge in [-0.1, -0.05) is 11.6 Å². The summed E-state index contributed by atoms with van der Waals surface area (Å²) in [4.78, 5) is 16.8. The molecule has 3 aromatic rings. The van der Waals surface area contributed by atoms with Gasteiger partial charge in [-0.3, -0.25) is 14.5 Å². The van der Waals surface area contributed by atoms with Gasteiger partial charge in [0, 0.05) is 69.2 Å². The number of piperidine rings is 1. The van der Waals surface area contributed by atoms with Crippen LogP contribution in [-0.4, -0.2) is 100 Å². The number of benzene rings is 2. The molecule has 1 aromatic heterocycles. The van der Waals surface area contributed by atoms with Crippen molar-refractivity contribution in [1.29, 1.82) is 0 Å². The van der Waals surface area contributed by atoms with Crippen molar-refractivity contribution in [3.8, 4) is 11.5 Å². The minimum Gasteiger partial charge on any atom is -0.497 e. The highest BCUT2D eigenvalue weighted by atomic mass is 35.5. The van der Waals surface area contributed by atoms with Crippen molar-refractivity contribution in [2.75, 3.05) is 80.0 Å². The van der Waals surface area contributed by atoms with Gasteiger partial charge in [-0.15, -0.1) is 0 Å². The van der Waals surface area contributed by atoms with Crippen LogP contribution in [0.2, 0.25) is 5.02 Å². The highest BCUT2D eigenvalue weighted by molar-refractivity contribution is 7.92. The molecule has 0 atom stereocenters. The Hall–Kier alpha value is -3.52. The molecule has 3 fully saturated rings. The predicted molar refractivity (Wildman–Crippen MR) is 184 cm³/mol. The van der Waals surface area contributed by atoms with E-state index in [1.165, 1.54) is 58.0 Å². The summed E-state index contributed by atoms with van der Waals surface area (Å²) in [5.74, 6) is 1.79. The molecule has 3 heterocycles. The molecular weight excluding hydrogens is 628 g/mol. The maximum absolute atomic E-state index is 12.0. The topological polar surface area (TPSA) is 124 Å². The number of aryl methyl sites for hydroxylation is 1. The highest BCUT2D eigenvalue weighted by Gasteiger charge is 2.34. The van der Waals surface area contributed by atoms with Crippen molar-refractivity contribution in [1.82, 2.24) is 19.8 Å². The number of hydrogen-bond acceptors (Lipinski definition) is 11. The molecule has 14 heteroatoms. The maximum Gasteiger partial charge on any atom is 0.229 e. The number of aromatic nitrogens is 2. The first kappa shape index (κ1) is 32.4. The monoisotopic (exact) mass is 670 g/mol. The van der Waals surface area contributed by atoms with Gasteiger partial charge >= 0.3 is 0 Å². The Kier molecular flexibility index (Phi) is 9.64. The molecule has 1 saturated carbocycles. The fraction of sp³-hybridized carbons (Fsp3) is 0.500. The van der Waals surface area contributed by atoms with Crippen LogP contribution >= 0.6 is 11.6 Å². The Balaban J connectivity index is 1.14. The second-order valence-corrected chi connectivity index (χ2v) is 14.4. The largest absolute Gasteiger partial charge is 0.497 e. The van der Waals surface area contributed by atoms with Gasteiger partial charge in [0.1, 0.15) is 16.5 Å². The van der Waals surface area contributed by atoms with Gasteiger partial charge < -0.3 is 25.0 Å². The zero-order valence-electron chi connectivity index (χ0n) is 26.8. The van der Waals surface area contributed by atoms with E-state index in [9.17, 15) is 8.42 Å². The van der Waals surface area contributed by atoms with Crippen molar-refractivity contribution < 1.29 is 17.9 Å². The SMILES string of the molecule is COc1ccc(NS(C)(=O)=O)c(Nc2nc(Nc3cc(C)c(N4CCC(N5CCN(C6CC6)CC5)CC4)cc3OC)ncc2Cl)c1. The van der Waals surface area contributed by atoms with Crippen LogP contribution in [0.3, 0.4) is 0 Å². The lowest BCUT2D eigenvalue weighted by Gasteiger charge is -2.43. The molecule has 6 rings (SSSR count). The zero-order valence-corrected chi connectivity index (χ0v) is 28.4. The van der Waals surface area contributed by atoms with E-state index >= 15 is 0 Å². The fourth-order valence-corrected chi connectivity index (χ4v) is 7.19. The molecule has 248 valence electrons. The van der Waals surface area contributed by atoms with Gasteiger partial charge in [0.25, 0.3) is 0 Å². The molecule has 3 aliphatic rings. The molecule has 2 saturated heterocycles. The minimum atomic E-state index is -3.53. The van der Waals surface area contributed by atoms with Gasteiger partial charge in [0.15, 0.2) is 5.82 Å². The summed E-state index contributed by atoms with van der Waals surface area (Å²) in [7, 11) is -0.350. The summed E-state index contributed by atoms with van der Waals surface area (Å²) < 4.78 is 37.6. The summed E-state index contributed by atoms with van der Waals surface area (Å²) in [5, 5.41) is 6.65. The number of methoxy groups -OCH3 is 2. The zero-order chi connectivity index (χ0) is 32.4. The van der Waals surface area contributed by atoms with E-state index in [4.69, 9.17) is 21.1 Å². The van der Waals surface area contributed by atoms with Crippen molar-refractivity contribution in [3.05, 3.63) is 47.1 Å². The van der Waals surface area contributed by atoms with Gasteiger partial charge in [0.2, 0.25) is 16.0 Å². The van der Waals surface area contributed by atoms with Crippen molar-refractivity contribution >= 4 is 56.1 Å². The van der Waals surface area contributed by atoms with E-state index in [0.717, 1.165) is 49.5 Å². The Bertz CT molecular complexity index is 1660. The third-order valence-corrected chi connectivity index (χ3v) is 9.88. The summed E-state index contributed by atoms with van der Waals surface area (Å²) in [6.07, 6.45) is 7.66. The quantitative estimate of drug-likeness (QED) is 0.254. The van der Waals surface area contributed by atoms with Gasteiger partial charge in [-0.05, 0) is 56.4 Å². The van der Waals surface area contributed by atoms with E-state index < -0.39 is 10.0 Å². The Morgan fingerprint density at radius 3 is 2.13 bits per heavy atom. The summed E-state index contributed by atoms with van der Waals surface area (Å²) in [6.45, 7) is 8.95. The Morgan fingerprint density at radius 1 is 0.848 bits per heavy atom. The standard InChI is InChI=1S/C32H43ClN8O4S/c1-21-17-28(30(45-3)19-29(21)41-11-9-23(10-12-41)40-15-13-39(14-16-40)22-5-6-22)36-32-34-20-25(33)31(37-32)35-27-18-24(44-2)7-8-26(27)38-46(4,42)43/h7-8,17-20,22-23,38H,5-6,9-16H2,1-4H3,(H2,34,35,36,37). The third kappa shape index (κ3) is 7.71. The second-order valence-electron chi connectivity index (χ2n) is 12.3. The average Bonchev–Trinajstić information content (AvgIpc) is 3.89. The van der Waals surface area contributed by atoms with E-state index in [1.54, 1.807) is 25.3 Å². The van der Waals surface area contributed by atoms with Crippen LogP contribution in [0.25, 0.3) is 0 Å². The fourth-order valence-electron chi connectivity index (χ4n) is 6.47. The van der Waals surface area contributed by atoms with E-state index in [1.807, 2.05) is 0 Å². The predicted octanol–water partition coefficient (Wildman–Crippen LogP) is 5.06. The van der Waals surface area contributed by atoms with Gasteiger partial charge in [-0.2, -0.15) is 4.98 Å². The van der Waals surface area contributed by atoms with Crippen LogP contribution in [0.15, 0.2) is 36.5 Å². The molecule has 0 bridgehead atoms. The van der Waals surface area contributed by atoms with E-state index in [-0.39, 0.29) is 10.8 Å². The molecule has 2 aromatic carbocycles. The first-order valence-electron chi connectivity index (χ1n) is 15.7. The number of halogens is 1. The number of anilines is 6. The lowest BCUT2D eigenvalue weighted by Crippen LogP contribution is -2.53. The van der Waals surface area contributed by atoms with E-state index in [0.29, 0.717) is 34.9 Å². The third-order valence-electron chi connectivity index (χ3n) is 9.02. The minimum absolute atomic E-state index is 0.255. The summed E-state index contributed by atoms with van der Waals surface area (Å²) in [6, 6.07) is 10.6. The first-order valence-corrected chi connectivity index (χ1v) is 18.0. The van der Waals surface area contributed by atoms with E-state index in [2.05, 4.69) is 59.1 Å². The normalized spacial score (nSPS) is 18.3. The number of sulfonamides is 1. The number of piperazine rings is 1. The molecule has 3 N–H and O–H groups in total. The second kappa shape index (κ2) is 13.7. The van der Waals surface area contributed by atoms with Gasteiger partial charge in [-0.25, -0.2) is 13.4 Å². The van der Waals surface area contributed by atoms with Gasteiger partial charge in [0.05, 0.1) is 43.7 Å². The lowest BCUT2D eigenvalue weighted by atomic mass is 10.0.